The second-order valence-electron chi connectivity index (χ2n) is 5.80. The fourth-order valence-corrected chi connectivity index (χ4v) is 2.27. The highest BCUT2D eigenvalue weighted by molar-refractivity contribution is 5.64. The number of hydrogen-bond acceptors (Lipinski definition) is 3. The molecule has 0 amide bonds. The molecule has 1 rings (SSSR count). The van der Waals surface area contributed by atoms with Crippen LogP contribution in [0.5, 0.6) is 0 Å². The zero-order valence-electron chi connectivity index (χ0n) is 14.2. The highest BCUT2D eigenvalue weighted by Gasteiger charge is 2.35. The zero-order valence-corrected chi connectivity index (χ0v) is 14.2. The van der Waals surface area contributed by atoms with Gasteiger partial charge in [-0.05, 0) is 32.1 Å². The average Bonchev–Trinajstić information content (AvgIpc) is 3.27. The Hall–Kier alpha value is -1.61. The molecule has 0 N–H and O–H groups in total. The van der Waals surface area contributed by atoms with Crippen LogP contribution in [0.1, 0.15) is 58.3 Å². The molecule has 3 heteroatoms. The van der Waals surface area contributed by atoms with E-state index in [-0.39, 0.29) is 6.42 Å². The van der Waals surface area contributed by atoms with E-state index >= 15 is 0 Å². The van der Waals surface area contributed by atoms with Gasteiger partial charge in [0.25, 0.3) is 0 Å². The molecule has 1 saturated heterocycles. The molecule has 2 atom stereocenters. The molecule has 0 spiro atoms. The zero-order chi connectivity index (χ0) is 16.8. The molecule has 128 valence electrons. The van der Waals surface area contributed by atoms with Crippen LogP contribution in [-0.4, -0.2) is 18.2 Å². The Morgan fingerprint density at radius 3 is 2.65 bits per heavy atom. The number of unbranched alkanes of at least 4 members (excludes halogenated alkanes) is 3. The van der Waals surface area contributed by atoms with E-state index < -0.39 is 5.97 Å². The van der Waals surface area contributed by atoms with Crippen LogP contribution >= 0.6 is 0 Å². The van der Waals surface area contributed by atoms with Crippen molar-refractivity contribution in [3.63, 3.8) is 0 Å². The number of carboxylic acid groups (broad SMARTS) is 1. The second-order valence-corrected chi connectivity index (χ2v) is 5.80. The van der Waals surface area contributed by atoms with E-state index in [1.807, 2.05) is 36.5 Å². The lowest BCUT2D eigenvalue weighted by Gasteiger charge is -1.97. The summed E-state index contributed by atoms with van der Waals surface area (Å²) in [4.78, 5) is 10.2. The third-order valence-electron chi connectivity index (χ3n) is 3.67. The number of epoxide rings is 1. The molecule has 1 heterocycles. The van der Waals surface area contributed by atoms with E-state index in [1.165, 1.54) is 25.7 Å². The van der Waals surface area contributed by atoms with Crippen LogP contribution < -0.4 is 5.11 Å². The summed E-state index contributed by atoms with van der Waals surface area (Å²) in [5, 5.41) is 10.2. The average molecular weight is 317 g/mol. The van der Waals surface area contributed by atoms with Crippen molar-refractivity contribution in [2.45, 2.75) is 70.5 Å². The van der Waals surface area contributed by atoms with Crippen molar-refractivity contribution in [2.24, 2.45) is 0 Å². The lowest BCUT2D eigenvalue weighted by Crippen LogP contribution is -2.21. The Kier molecular flexibility index (Phi) is 10.9. The SMILES string of the molecule is CCCCC[C@@H]1O[C@H]1/C=C/C=C/C=C\C/C=C\CCCC(=O)[O-]. The largest absolute Gasteiger partial charge is 0.550 e. The Labute approximate surface area is 140 Å². The van der Waals surface area contributed by atoms with Crippen LogP contribution in [0.2, 0.25) is 0 Å². The third kappa shape index (κ3) is 11.6. The predicted molar refractivity (Wildman–Crippen MR) is 92.8 cm³/mol. The van der Waals surface area contributed by atoms with E-state index in [2.05, 4.69) is 19.1 Å². The van der Waals surface area contributed by atoms with Crippen molar-refractivity contribution >= 4 is 5.97 Å². The summed E-state index contributed by atoms with van der Waals surface area (Å²) in [6, 6.07) is 0. The van der Waals surface area contributed by atoms with E-state index in [1.54, 1.807) is 0 Å². The molecule has 0 saturated carbocycles. The Balaban J connectivity index is 1.98. The van der Waals surface area contributed by atoms with Crippen molar-refractivity contribution < 1.29 is 14.6 Å². The minimum absolute atomic E-state index is 0.138. The monoisotopic (exact) mass is 317 g/mol. The maximum Gasteiger partial charge on any atom is 0.103 e. The lowest BCUT2D eigenvalue weighted by atomic mass is 10.1. The number of allylic oxidation sites excluding steroid dienone is 7. The van der Waals surface area contributed by atoms with Gasteiger partial charge in [0.2, 0.25) is 0 Å². The second kappa shape index (κ2) is 12.9. The van der Waals surface area contributed by atoms with Crippen LogP contribution in [0, 0.1) is 0 Å². The number of carbonyl (C=O) groups is 1. The van der Waals surface area contributed by atoms with Gasteiger partial charge in [-0.1, -0.05) is 74.8 Å². The third-order valence-corrected chi connectivity index (χ3v) is 3.67. The van der Waals surface area contributed by atoms with Crippen molar-refractivity contribution in [3.8, 4) is 0 Å². The van der Waals surface area contributed by atoms with E-state index in [0.717, 1.165) is 12.8 Å². The van der Waals surface area contributed by atoms with Gasteiger partial charge in [-0.25, -0.2) is 0 Å². The quantitative estimate of drug-likeness (QED) is 0.224. The molecule has 1 aliphatic heterocycles. The van der Waals surface area contributed by atoms with E-state index in [9.17, 15) is 9.90 Å². The maximum absolute atomic E-state index is 10.2. The summed E-state index contributed by atoms with van der Waals surface area (Å²) in [6.07, 6.45) is 24.6. The van der Waals surface area contributed by atoms with Crippen LogP contribution in [0.25, 0.3) is 0 Å². The van der Waals surface area contributed by atoms with E-state index in [0.29, 0.717) is 18.6 Å². The predicted octanol–water partition coefficient (Wildman–Crippen LogP) is 3.87. The molecule has 1 fully saturated rings. The lowest BCUT2D eigenvalue weighted by molar-refractivity contribution is -0.305. The molecule has 1 aliphatic rings. The number of hydrogen-bond donors (Lipinski definition) is 0. The first-order chi connectivity index (χ1) is 11.2. The molecule has 0 aromatic carbocycles. The molecule has 0 aliphatic carbocycles. The van der Waals surface area contributed by atoms with Crippen LogP contribution in [0.3, 0.4) is 0 Å². The molecule has 0 aromatic heterocycles. The van der Waals surface area contributed by atoms with Gasteiger partial charge in [0.15, 0.2) is 0 Å². The molecule has 23 heavy (non-hydrogen) atoms. The molecular weight excluding hydrogens is 288 g/mol. The molecular formula is C20H29O3-. The highest BCUT2D eigenvalue weighted by Crippen LogP contribution is 2.28. The van der Waals surface area contributed by atoms with Crippen molar-refractivity contribution in [2.75, 3.05) is 0 Å². The summed E-state index contributed by atoms with van der Waals surface area (Å²) < 4.78 is 5.58. The Morgan fingerprint density at radius 2 is 1.87 bits per heavy atom. The van der Waals surface area contributed by atoms with Gasteiger partial charge in [-0.3, -0.25) is 0 Å². The number of ether oxygens (including phenoxy) is 1. The summed E-state index contributed by atoms with van der Waals surface area (Å²) in [5.74, 6) is -0.972. The Morgan fingerprint density at radius 1 is 1.04 bits per heavy atom. The minimum Gasteiger partial charge on any atom is -0.550 e. The van der Waals surface area contributed by atoms with Gasteiger partial charge in [0, 0.05) is 5.97 Å². The number of rotatable bonds is 13. The standard InChI is InChI=1S/C20H30O3/c1-2-3-12-15-18-19(23-18)16-13-10-8-6-4-5-7-9-11-14-17-20(21)22/h4,6-10,13,16,18-19H,2-3,5,11-12,14-15,17H2,1H3,(H,21,22)/p-1/b6-4-,9-7-,10-8+,16-13+/t18-,19-/m0/s1. The molecule has 0 bridgehead atoms. The minimum atomic E-state index is -0.972. The van der Waals surface area contributed by atoms with Crippen molar-refractivity contribution in [1.29, 1.82) is 0 Å². The summed E-state index contributed by atoms with van der Waals surface area (Å²) in [5.41, 5.74) is 0. The van der Waals surface area contributed by atoms with Gasteiger partial charge in [0.1, 0.15) is 6.10 Å². The summed E-state index contributed by atoms with van der Waals surface area (Å²) in [7, 11) is 0. The topological polar surface area (TPSA) is 52.7 Å². The molecule has 0 aromatic rings. The summed E-state index contributed by atoms with van der Waals surface area (Å²) >= 11 is 0. The number of aliphatic carboxylic acids is 1. The maximum atomic E-state index is 10.2. The van der Waals surface area contributed by atoms with Gasteiger partial charge >= 0.3 is 0 Å². The first kappa shape index (κ1) is 19.4. The molecule has 3 nitrogen and oxygen atoms in total. The van der Waals surface area contributed by atoms with Gasteiger partial charge in [-0.2, -0.15) is 0 Å². The van der Waals surface area contributed by atoms with Crippen LogP contribution in [0.4, 0.5) is 0 Å². The smallest absolute Gasteiger partial charge is 0.103 e. The van der Waals surface area contributed by atoms with Crippen molar-refractivity contribution in [1.82, 2.24) is 0 Å². The first-order valence-corrected chi connectivity index (χ1v) is 8.74. The molecule has 0 radical (unpaired) electrons. The van der Waals surface area contributed by atoms with Gasteiger partial charge < -0.3 is 14.6 Å². The van der Waals surface area contributed by atoms with Gasteiger partial charge in [0.05, 0.1) is 6.10 Å². The van der Waals surface area contributed by atoms with Crippen molar-refractivity contribution in [3.05, 3.63) is 48.6 Å². The normalized spacial score (nSPS) is 21.3. The van der Waals surface area contributed by atoms with Gasteiger partial charge in [-0.15, -0.1) is 0 Å². The van der Waals surface area contributed by atoms with Crippen LogP contribution in [-0.2, 0) is 9.53 Å². The Bertz CT molecular complexity index is 432. The summed E-state index contributed by atoms with van der Waals surface area (Å²) in [6.45, 7) is 2.22. The fraction of sp³-hybridized carbons (Fsp3) is 0.550. The number of carboxylic acids is 1. The fourth-order valence-electron chi connectivity index (χ4n) is 2.27. The van der Waals surface area contributed by atoms with E-state index in [4.69, 9.17) is 4.74 Å². The highest BCUT2D eigenvalue weighted by atomic mass is 16.6. The first-order valence-electron chi connectivity index (χ1n) is 8.74. The number of carbonyl (C=O) groups excluding carboxylic acids is 1. The van der Waals surface area contributed by atoms with Crippen LogP contribution in [0.15, 0.2) is 48.6 Å². The molecule has 0 unspecified atom stereocenters.